The van der Waals surface area contributed by atoms with Crippen molar-refractivity contribution in [3.05, 3.63) is 11.6 Å². The lowest BCUT2D eigenvalue weighted by atomic mass is 9.47. The highest BCUT2D eigenvalue weighted by Crippen LogP contribution is 2.67. The zero-order valence-electron chi connectivity index (χ0n) is 21.8. The Kier molecular flexibility index (Phi) is 6.37. The van der Waals surface area contributed by atoms with E-state index in [4.69, 9.17) is 9.47 Å². The molecule has 7 unspecified atom stereocenters. The average molecular weight is 443 g/mol. The molecule has 3 saturated carbocycles. The molecule has 7 atom stereocenters. The summed E-state index contributed by atoms with van der Waals surface area (Å²) in [6.45, 7) is 14.2. The van der Waals surface area contributed by atoms with Crippen LogP contribution in [0.2, 0.25) is 0 Å². The van der Waals surface area contributed by atoms with E-state index < -0.39 is 0 Å². The molecule has 4 aliphatic carbocycles. The number of fused-ring (bicyclic) bond motifs is 5. The maximum absolute atomic E-state index is 6.28. The quantitative estimate of drug-likeness (QED) is 0.400. The van der Waals surface area contributed by atoms with Crippen molar-refractivity contribution in [2.45, 2.75) is 117 Å². The predicted molar refractivity (Wildman–Crippen MR) is 132 cm³/mol. The molecule has 0 N–H and O–H groups in total. The first-order valence-corrected chi connectivity index (χ1v) is 14.3. The van der Waals surface area contributed by atoms with E-state index in [0.717, 1.165) is 55.6 Å². The van der Waals surface area contributed by atoms with Gasteiger partial charge in [-0.05, 0) is 105 Å². The highest BCUT2D eigenvalue weighted by atomic mass is 16.7. The van der Waals surface area contributed by atoms with Crippen LogP contribution in [0.1, 0.15) is 112 Å². The zero-order chi connectivity index (χ0) is 22.6. The Morgan fingerprint density at radius 1 is 0.938 bits per heavy atom. The number of rotatable bonds is 5. The molecule has 1 heterocycles. The van der Waals surface area contributed by atoms with Crippen molar-refractivity contribution in [1.82, 2.24) is 0 Å². The molecule has 0 radical (unpaired) electrons. The molecule has 5 rings (SSSR count). The number of ether oxygens (including phenoxy) is 2. The molecule has 1 aliphatic heterocycles. The molecule has 1 saturated heterocycles. The van der Waals surface area contributed by atoms with Crippen LogP contribution < -0.4 is 0 Å². The number of hydrogen-bond acceptors (Lipinski definition) is 2. The molecule has 4 fully saturated rings. The molecule has 0 aromatic heterocycles. The third-order valence-electron chi connectivity index (χ3n) is 11.6. The summed E-state index contributed by atoms with van der Waals surface area (Å²) in [6, 6.07) is 0. The van der Waals surface area contributed by atoms with Gasteiger partial charge < -0.3 is 9.47 Å². The van der Waals surface area contributed by atoms with Crippen molar-refractivity contribution < 1.29 is 9.47 Å². The maximum atomic E-state index is 6.28. The third-order valence-corrected chi connectivity index (χ3v) is 11.6. The summed E-state index contributed by atoms with van der Waals surface area (Å²) in [5.41, 5.74) is 2.94. The topological polar surface area (TPSA) is 18.5 Å². The SMILES string of the molecule is CC(CCC1(C(C)C)OCCCO1)C1CCC2C3CC=C4CCCCC4(C)C3CCC12C. The van der Waals surface area contributed by atoms with Gasteiger partial charge in [0.1, 0.15) is 0 Å². The Morgan fingerprint density at radius 2 is 1.72 bits per heavy atom. The van der Waals surface area contributed by atoms with Crippen molar-refractivity contribution in [2.24, 2.45) is 46.3 Å². The van der Waals surface area contributed by atoms with Gasteiger partial charge in [-0.3, -0.25) is 0 Å². The van der Waals surface area contributed by atoms with Gasteiger partial charge in [0.15, 0.2) is 5.79 Å². The molecular formula is C30H50O2. The van der Waals surface area contributed by atoms with Gasteiger partial charge in [0, 0.05) is 12.3 Å². The largest absolute Gasteiger partial charge is 0.350 e. The lowest BCUT2D eigenvalue weighted by Gasteiger charge is -2.58. The summed E-state index contributed by atoms with van der Waals surface area (Å²) < 4.78 is 12.6. The fraction of sp³-hybridized carbons (Fsp3) is 0.933. The van der Waals surface area contributed by atoms with Gasteiger partial charge in [-0.1, -0.05) is 52.7 Å². The fourth-order valence-electron chi connectivity index (χ4n) is 9.66. The standard InChI is InChI=1S/C30H50O2/c1-21(2)30(31-19-8-20-32-30)18-14-22(3)25-12-13-26-24-11-10-23-9-6-7-16-28(23,4)27(24)15-17-29(25,26)5/h10,21-22,24-27H,6-9,11-20H2,1-5H3. The van der Waals surface area contributed by atoms with Crippen LogP contribution in [0.3, 0.4) is 0 Å². The molecule has 2 heteroatoms. The van der Waals surface area contributed by atoms with Crippen molar-refractivity contribution in [3.63, 3.8) is 0 Å². The van der Waals surface area contributed by atoms with Gasteiger partial charge >= 0.3 is 0 Å². The van der Waals surface area contributed by atoms with E-state index in [1.54, 1.807) is 0 Å². The Labute approximate surface area is 198 Å². The maximum Gasteiger partial charge on any atom is 0.170 e. The van der Waals surface area contributed by atoms with E-state index in [-0.39, 0.29) is 5.79 Å². The second kappa shape index (κ2) is 8.71. The molecule has 0 aromatic carbocycles. The molecule has 2 nitrogen and oxygen atoms in total. The van der Waals surface area contributed by atoms with Crippen molar-refractivity contribution >= 4 is 0 Å². The summed E-state index contributed by atoms with van der Waals surface area (Å²) in [5, 5.41) is 0. The average Bonchev–Trinajstić information content (AvgIpc) is 3.15. The number of hydrogen-bond donors (Lipinski definition) is 0. The highest BCUT2D eigenvalue weighted by Gasteiger charge is 2.58. The first kappa shape index (κ1) is 23.4. The van der Waals surface area contributed by atoms with Crippen molar-refractivity contribution in [2.75, 3.05) is 13.2 Å². The van der Waals surface area contributed by atoms with Gasteiger partial charge in [0.25, 0.3) is 0 Å². The molecule has 0 spiro atoms. The smallest absolute Gasteiger partial charge is 0.170 e. The van der Waals surface area contributed by atoms with Crippen LogP contribution in [0.25, 0.3) is 0 Å². The highest BCUT2D eigenvalue weighted by molar-refractivity contribution is 5.24. The lowest BCUT2D eigenvalue weighted by Crippen LogP contribution is -2.50. The summed E-state index contributed by atoms with van der Waals surface area (Å²) >= 11 is 0. The molecule has 0 amide bonds. The molecule has 0 aromatic rings. The number of allylic oxidation sites excluding steroid dienone is 2. The Balaban J connectivity index is 1.29. The molecule has 5 aliphatic rings. The van der Waals surface area contributed by atoms with Gasteiger partial charge in [-0.25, -0.2) is 0 Å². The monoisotopic (exact) mass is 442 g/mol. The van der Waals surface area contributed by atoms with Gasteiger partial charge in [0.2, 0.25) is 0 Å². The minimum absolute atomic E-state index is 0.330. The van der Waals surface area contributed by atoms with Gasteiger partial charge in [-0.2, -0.15) is 0 Å². The molecular weight excluding hydrogens is 392 g/mol. The van der Waals surface area contributed by atoms with E-state index in [1.807, 2.05) is 5.57 Å². The van der Waals surface area contributed by atoms with Crippen molar-refractivity contribution in [1.29, 1.82) is 0 Å². The van der Waals surface area contributed by atoms with Crippen LogP contribution in [0.4, 0.5) is 0 Å². The van der Waals surface area contributed by atoms with Gasteiger partial charge in [-0.15, -0.1) is 0 Å². The molecule has 182 valence electrons. The van der Waals surface area contributed by atoms with Gasteiger partial charge in [0.05, 0.1) is 13.2 Å². The van der Waals surface area contributed by atoms with Crippen LogP contribution in [0.15, 0.2) is 11.6 Å². The summed E-state index contributed by atoms with van der Waals surface area (Å²) in [7, 11) is 0. The van der Waals surface area contributed by atoms with Crippen LogP contribution in [0.5, 0.6) is 0 Å². The lowest BCUT2D eigenvalue weighted by molar-refractivity contribution is -0.293. The van der Waals surface area contributed by atoms with E-state index in [0.29, 0.717) is 16.7 Å². The van der Waals surface area contributed by atoms with Crippen LogP contribution in [-0.2, 0) is 9.47 Å². The second-order valence-electron chi connectivity index (χ2n) is 13.2. The summed E-state index contributed by atoms with van der Waals surface area (Å²) in [5.74, 6) is 4.61. The van der Waals surface area contributed by atoms with Crippen molar-refractivity contribution in [3.8, 4) is 0 Å². The molecule has 32 heavy (non-hydrogen) atoms. The normalized spacial score (nSPS) is 44.4. The summed E-state index contributed by atoms with van der Waals surface area (Å²) in [6.07, 6.45) is 19.1. The van der Waals surface area contributed by atoms with E-state index in [1.165, 1.54) is 64.2 Å². The third kappa shape index (κ3) is 3.65. The second-order valence-corrected chi connectivity index (χ2v) is 13.2. The zero-order valence-corrected chi connectivity index (χ0v) is 21.8. The minimum atomic E-state index is -0.330. The summed E-state index contributed by atoms with van der Waals surface area (Å²) in [4.78, 5) is 0. The Morgan fingerprint density at radius 3 is 2.47 bits per heavy atom. The minimum Gasteiger partial charge on any atom is -0.350 e. The predicted octanol–water partition coefficient (Wildman–Crippen LogP) is 8.16. The van der Waals surface area contributed by atoms with E-state index >= 15 is 0 Å². The molecule has 0 bridgehead atoms. The first-order valence-electron chi connectivity index (χ1n) is 14.3. The van der Waals surface area contributed by atoms with E-state index in [9.17, 15) is 0 Å². The van der Waals surface area contributed by atoms with Crippen LogP contribution >= 0.6 is 0 Å². The van der Waals surface area contributed by atoms with E-state index in [2.05, 4.69) is 40.7 Å². The Bertz CT molecular complexity index is 704. The van der Waals surface area contributed by atoms with Crippen LogP contribution in [0, 0.1) is 46.3 Å². The first-order chi connectivity index (χ1) is 15.3. The Hall–Kier alpha value is -0.340. The fourth-order valence-corrected chi connectivity index (χ4v) is 9.66. The van der Waals surface area contributed by atoms with Crippen LogP contribution in [-0.4, -0.2) is 19.0 Å².